The Hall–Kier alpha value is -1.26. The van der Waals surface area contributed by atoms with Crippen LogP contribution in [0.4, 0.5) is 0 Å². The quantitative estimate of drug-likeness (QED) is 0.816. The van der Waals surface area contributed by atoms with Gasteiger partial charge in [0.1, 0.15) is 5.75 Å². The van der Waals surface area contributed by atoms with Gasteiger partial charge >= 0.3 is 0 Å². The first-order chi connectivity index (χ1) is 8.17. The minimum absolute atomic E-state index is 0.0491. The zero-order chi connectivity index (χ0) is 12.7. The van der Waals surface area contributed by atoms with Crippen molar-refractivity contribution in [3.05, 3.63) is 28.8 Å². The monoisotopic (exact) mass is 257 g/mol. The lowest BCUT2D eigenvalue weighted by atomic mass is 10.2. The zero-order valence-corrected chi connectivity index (χ0v) is 10.5. The van der Waals surface area contributed by atoms with Gasteiger partial charge < -0.3 is 15.2 Å². The summed E-state index contributed by atoms with van der Waals surface area (Å²) in [6, 6.07) is 5.01. The van der Waals surface area contributed by atoms with Crippen molar-refractivity contribution in [1.29, 1.82) is 0 Å². The van der Waals surface area contributed by atoms with Crippen LogP contribution < -0.4 is 10.1 Å². The maximum atomic E-state index is 11.2. The molecule has 4 nitrogen and oxygen atoms in total. The number of amides is 1. The van der Waals surface area contributed by atoms with Gasteiger partial charge in [-0.2, -0.15) is 0 Å². The molecule has 0 atom stereocenters. The fourth-order valence-corrected chi connectivity index (χ4v) is 1.55. The van der Waals surface area contributed by atoms with Crippen LogP contribution in [0.3, 0.4) is 0 Å². The van der Waals surface area contributed by atoms with E-state index in [9.17, 15) is 4.79 Å². The summed E-state index contributed by atoms with van der Waals surface area (Å²) in [7, 11) is 0. The van der Waals surface area contributed by atoms with Crippen LogP contribution >= 0.6 is 11.6 Å². The summed E-state index contributed by atoms with van der Waals surface area (Å²) in [6.45, 7) is 2.61. The Morgan fingerprint density at radius 2 is 2.29 bits per heavy atom. The summed E-state index contributed by atoms with van der Waals surface area (Å²) in [5.74, 6) is 0.508. The molecule has 1 aromatic carbocycles. The molecule has 0 saturated carbocycles. The summed E-state index contributed by atoms with van der Waals surface area (Å²) >= 11 is 5.79. The minimum atomic E-state index is -0.142. The van der Waals surface area contributed by atoms with E-state index in [1.165, 1.54) is 0 Å². The predicted molar refractivity (Wildman–Crippen MR) is 66.2 cm³/mol. The lowest BCUT2D eigenvalue weighted by molar-refractivity contribution is -0.121. The van der Waals surface area contributed by atoms with Crippen molar-refractivity contribution in [3.8, 4) is 5.75 Å². The van der Waals surface area contributed by atoms with E-state index >= 15 is 0 Å². The number of rotatable bonds is 6. The molecule has 2 N–H and O–H groups in total. The van der Waals surface area contributed by atoms with Crippen molar-refractivity contribution in [2.24, 2.45) is 0 Å². The molecular formula is C12H16ClNO3. The fourth-order valence-electron chi connectivity index (χ4n) is 1.35. The fraction of sp³-hybridized carbons (Fsp3) is 0.417. The van der Waals surface area contributed by atoms with Gasteiger partial charge in [-0.25, -0.2) is 0 Å². The van der Waals surface area contributed by atoms with Crippen LogP contribution in [0.5, 0.6) is 5.75 Å². The smallest absolute Gasteiger partial charge is 0.223 e. The molecule has 0 bridgehead atoms. The average Bonchev–Trinajstić information content (AvgIpc) is 2.31. The molecule has 0 saturated heterocycles. The molecule has 5 heteroatoms. The number of hydrogen-bond acceptors (Lipinski definition) is 3. The highest BCUT2D eigenvalue weighted by atomic mass is 35.5. The van der Waals surface area contributed by atoms with Gasteiger partial charge in [0.15, 0.2) is 0 Å². The van der Waals surface area contributed by atoms with Crippen LogP contribution in [0, 0.1) is 0 Å². The highest BCUT2D eigenvalue weighted by Gasteiger charge is 2.05. The summed E-state index contributed by atoms with van der Waals surface area (Å²) in [5.41, 5.74) is 0.619. The Morgan fingerprint density at radius 1 is 1.53 bits per heavy atom. The van der Waals surface area contributed by atoms with Gasteiger partial charge in [0.25, 0.3) is 0 Å². The van der Waals surface area contributed by atoms with Crippen molar-refractivity contribution in [2.75, 3.05) is 13.2 Å². The maximum absolute atomic E-state index is 11.2. The van der Waals surface area contributed by atoms with Crippen LogP contribution in [0.25, 0.3) is 0 Å². The zero-order valence-electron chi connectivity index (χ0n) is 9.70. The summed E-state index contributed by atoms with van der Waals surface area (Å²) in [5, 5.41) is 12.3. The molecule has 1 amide bonds. The standard InChI is InChI=1S/C12H16ClNO3/c1-2-14-12(16)5-6-17-11-4-3-10(13)7-9(11)8-15/h3-4,7,15H,2,5-6,8H2,1H3,(H,14,16). The maximum Gasteiger partial charge on any atom is 0.223 e. The molecule has 94 valence electrons. The van der Waals surface area contributed by atoms with Gasteiger partial charge in [-0.1, -0.05) is 11.6 Å². The van der Waals surface area contributed by atoms with E-state index in [2.05, 4.69) is 5.32 Å². The molecule has 0 aromatic heterocycles. The van der Waals surface area contributed by atoms with Crippen molar-refractivity contribution < 1.29 is 14.6 Å². The van der Waals surface area contributed by atoms with Crippen molar-refractivity contribution in [2.45, 2.75) is 20.0 Å². The Bertz CT molecular complexity index is 382. The number of carbonyl (C=O) groups excluding carboxylic acids is 1. The lowest BCUT2D eigenvalue weighted by Crippen LogP contribution is -2.24. The second-order valence-corrected chi connectivity index (χ2v) is 3.90. The number of benzene rings is 1. The molecule has 0 aliphatic heterocycles. The molecule has 1 rings (SSSR count). The van der Waals surface area contributed by atoms with Gasteiger partial charge in [0.05, 0.1) is 19.6 Å². The number of ether oxygens (including phenoxy) is 1. The van der Waals surface area contributed by atoms with Crippen molar-refractivity contribution in [1.82, 2.24) is 5.32 Å². The van der Waals surface area contributed by atoms with Crippen LogP contribution in [0.1, 0.15) is 18.9 Å². The topological polar surface area (TPSA) is 58.6 Å². The first-order valence-electron chi connectivity index (χ1n) is 5.46. The van der Waals surface area contributed by atoms with E-state index in [0.717, 1.165) is 0 Å². The number of hydrogen-bond donors (Lipinski definition) is 2. The normalized spacial score (nSPS) is 10.1. The second kappa shape index (κ2) is 7.14. The third kappa shape index (κ3) is 4.63. The Morgan fingerprint density at radius 3 is 2.94 bits per heavy atom. The highest BCUT2D eigenvalue weighted by molar-refractivity contribution is 6.30. The third-order valence-electron chi connectivity index (χ3n) is 2.15. The van der Waals surface area contributed by atoms with E-state index in [0.29, 0.717) is 29.3 Å². The van der Waals surface area contributed by atoms with Crippen molar-refractivity contribution >= 4 is 17.5 Å². The Kier molecular flexibility index (Phi) is 5.80. The molecule has 0 aliphatic rings. The number of nitrogens with one attached hydrogen (secondary N) is 1. The number of aliphatic hydroxyl groups is 1. The van der Waals surface area contributed by atoms with E-state index in [4.69, 9.17) is 21.4 Å². The minimum Gasteiger partial charge on any atom is -0.493 e. The van der Waals surface area contributed by atoms with Crippen LogP contribution in [0.2, 0.25) is 5.02 Å². The molecule has 0 radical (unpaired) electrons. The summed E-state index contributed by atoms with van der Waals surface area (Å²) in [6.07, 6.45) is 0.293. The van der Waals surface area contributed by atoms with Gasteiger partial charge in [-0.05, 0) is 25.1 Å². The highest BCUT2D eigenvalue weighted by Crippen LogP contribution is 2.22. The van der Waals surface area contributed by atoms with Gasteiger partial charge in [0.2, 0.25) is 5.91 Å². The first-order valence-corrected chi connectivity index (χ1v) is 5.84. The van der Waals surface area contributed by atoms with Crippen LogP contribution in [-0.4, -0.2) is 24.2 Å². The Balaban J connectivity index is 2.49. The predicted octanol–water partition coefficient (Wildman–Crippen LogP) is 1.74. The van der Waals surface area contributed by atoms with Crippen LogP contribution in [0.15, 0.2) is 18.2 Å². The van der Waals surface area contributed by atoms with Gasteiger partial charge in [-0.3, -0.25) is 4.79 Å². The SMILES string of the molecule is CCNC(=O)CCOc1ccc(Cl)cc1CO. The van der Waals surface area contributed by atoms with E-state index < -0.39 is 0 Å². The third-order valence-corrected chi connectivity index (χ3v) is 2.39. The van der Waals surface area contributed by atoms with E-state index in [1.54, 1.807) is 18.2 Å². The number of carbonyl (C=O) groups is 1. The first kappa shape index (κ1) is 13.8. The molecular weight excluding hydrogens is 242 g/mol. The summed E-state index contributed by atoms with van der Waals surface area (Å²) in [4.78, 5) is 11.2. The molecule has 1 aromatic rings. The average molecular weight is 258 g/mol. The van der Waals surface area contributed by atoms with Gasteiger partial charge in [0, 0.05) is 17.1 Å². The van der Waals surface area contributed by atoms with Gasteiger partial charge in [-0.15, -0.1) is 0 Å². The van der Waals surface area contributed by atoms with E-state index in [-0.39, 0.29) is 19.1 Å². The summed E-state index contributed by atoms with van der Waals surface area (Å²) < 4.78 is 5.42. The molecule has 0 unspecified atom stereocenters. The Labute approximate surface area is 106 Å². The second-order valence-electron chi connectivity index (χ2n) is 3.46. The van der Waals surface area contributed by atoms with Crippen LogP contribution in [-0.2, 0) is 11.4 Å². The van der Waals surface area contributed by atoms with Crippen molar-refractivity contribution in [3.63, 3.8) is 0 Å². The number of halogens is 1. The molecule has 0 fully saturated rings. The molecule has 0 aliphatic carbocycles. The lowest BCUT2D eigenvalue weighted by Gasteiger charge is -2.10. The molecule has 0 heterocycles. The largest absolute Gasteiger partial charge is 0.493 e. The molecule has 0 spiro atoms. The van der Waals surface area contributed by atoms with E-state index in [1.807, 2.05) is 6.92 Å². The number of aliphatic hydroxyl groups excluding tert-OH is 1. The molecule has 17 heavy (non-hydrogen) atoms.